The summed E-state index contributed by atoms with van der Waals surface area (Å²) in [4.78, 5) is 12.5. The summed E-state index contributed by atoms with van der Waals surface area (Å²) >= 11 is 5.65. The molecule has 0 bridgehead atoms. The van der Waals surface area contributed by atoms with E-state index in [1.165, 1.54) is 25.6 Å². The predicted molar refractivity (Wildman–Crippen MR) is 81.5 cm³/mol. The summed E-state index contributed by atoms with van der Waals surface area (Å²) in [7, 11) is 1.21. The van der Waals surface area contributed by atoms with Gasteiger partial charge in [0.15, 0.2) is 0 Å². The fourth-order valence-electron chi connectivity index (χ4n) is 3.00. The molecular weight excluding hydrogens is 348 g/mol. The van der Waals surface area contributed by atoms with Crippen molar-refractivity contribution >= 4 is 23.2 Å². The van der Waals surface area contributed by atoms with Crippen molar-refractivity contribution in [3.05, 3.63) is 58.0 Å². The van der Waals surface area contributed by atoms with Gasteiger partial charge in [-0.15, -0.1) is 0 Å². The average Bonchev–Trinajstić information content (AvgIpc) is 3.00. The molecule has 8 heteroatoms. The van der Waals surface area contributed by atoms with E-state index in [0.717, 1.165) is 10.6 Å². The van der Waals surface area contributed by atoms with Crippen LogP contribution < -0.4 is 5.32 Å². The number of nitrogens with zero attached hydrogens (tertiary/aromatic N) is 1. The molecule has 0 saturated heterocycles. The van der Waals surface area contributed by atoms with Crippen LogP contribution in [-0.4, -0.2) is 10.5 Å². The van der Waals surface area contributed by atoms with Gasteiger partial charge in [0, 0.05) is 12.7 Å². The second-order valence-electron chi connectivity index (χ2n) is 5.47. The molecule has 3 nitrogen and oxygen atoms in total. The number of anilines is 1. The Morgan fingerprint density at radius 3 is 2.67 bits per heavy atom. The van der Waals surface area contributed by atoms with Crippen LogP contribution in [0.2, 0.25) is 5.02 Å². The van der Waals surface area contributed by atoms with Gasteiger partial charge < -0.3 is 9.88 Å². The van der Waals surface area contributed by atoms with E-state index in [-0.39, 0.29) is 22.0 Å². The van der Waals surface area contributed by atoms with E-state index >= 15 is 0 Å². The van der Waals surface area contributed by atoms with Crippen molar-refractivity contribution in [1.29, 1.82) is 0 Å². The van der Waals surface area contributed by atoms with E-state index in [4.69, 9.17) is 11.6 Å². The van der Waals surface area contributed by atoms with Gasteiger partial charge in [-0.25, -0.2) is 4.39 Å². The van der Waals surface area contributed by atoms with Gasteiger partial charge >= 0.3 is 6.18 Å². The largest absolute Gasteiger partial charge is 0.431 e. The molecule has 0 spiro atoms. The van der Waals surface area contributed by atoms with E-state index in [1.807, 2.05) is 0 Å². The fraction of sp³-hybridized carbons (Fsp3) is 0.250. The monoisotopic (exact) mass is 359 g/mol. The van der Waals surface area contributed by atoms with Crippen LogP contribution in [0.4, 0.5) is 23.2 Å². The maximum absolute atomic E-state index is 13.3. The molecule has 3 rings (SSSR count). The van der Waals surface area contributed by atoms with Crippen LogP contribution in [0, 0.1) is 12.2 Å². The summed E-state index contributed by atoms with van der Waals surface area (Å²) in [5.74, 6) is -1.34. The van der Waals surface area contributed by atoms with Gasteiger partial charge in [0.1, 0.15) is 17.2 Å². The summed E-state index contributed by atoms with van der Waals surface area (Å²) in [6.45, 7) is 0. The Morgan fingerprint density at radius 1 is 1.33 bits per heavy atom. The van der Waals surface area contributed by atoms with Crippen LogP contribution in [0.15, 0.2) is 18.2 Å². The first-order chi connectivity index (χ1) is 11.2. The molecular formula is C16H12ClF4N2O. The summed E-state index contributed by atoms with van der Waals surface area (Å²) in [5.41, 5.74) is -0.247. The lowest BCUT2D eigenvalue weighted by Crippen LogP contribution is -2.20. The highest BCUT2D eigenvalue weighted by Gasteiger charge is 2.42. The van der Waals surface area contributed by atoms with Crippen molar-refractivity contribution in [2.75, 3.05) is 5.32 Å². The SMILES string of the molecule is Cn1c(C(=O)Nc2ccc(F)c(Cl)c2)c2c(c1C(F)(F)F)[CH]CC2. The lowest BCUT2D eigenvalue weighted by molar-refractivity contribution is -0.143. The minimum atomic E-state index is -4.56. The van der Waals surface area contributed by atoms with Crippen LogP contribution in [-0.2, 0) is 19.6 Å². The standard InChI is InChI=1S/C16H12ClF4N2O/c1-23-13(9-3-2-4-10(9)14(23)16(19,20)21)15(24)22-8-5-6-12(18)11(17)7-8/h4-7H,2-3H2,1H3,(H,22,24). The molecule has 1 amide bonds. The number of hydrogen-bond acceptors (Lipinski definition) is 1. The number of aromatic nitrogens is 1. The van der Waals surface area contributed by atoms with E-state index in [2.05, 4.69) is 5.32 Å². The van der Waals surface area contributed by atoms with Crippen LogP contribution >= 0.6 is 11.6 Å². The molecule has 24 heavy (non-hydrogen) atoms. The molecule has 1 aliphatic carbocycles. The molecule has 1 aromatic heterocycles. The van der Waals surface area contributed by atoms with Crippen LogP contribution in [0.3, 0.4) is 0 Å². The van der Waals surface area contributed by atoms with Gasteiger partial charge in [-0.05, 0) is 48.6 Å². The van der Waals surface area contributed by atoms with Crippen LogP contribution in [0.5, 0.6) is 0 Å². The number of halogens is 5. The summed E-state index contributed by atoms with van der Waals surface area (Å²) in [6.07, 6.45) is -2.25. The zero-order valence-corrected chi connectivity index (χ0v) is 13.2. The topological polar surface area (TPSA) is 34.0 Å². The van der Waals surface area contributed by atoms with Gasteiger partial charge in [-0.2, -0.15) is 13.2 Å². The Bertz CT molecular complexity index is 826. The van der Waals surface area contributed by atoms with Crippen LogP contribution in [0.25, 0.3) is 0 Å². The number of rotatable bonds is 2. The Labute approximate surface area is 140 Å². The first kappa shape index (κ1) is 16.8. The minimum absolute atomic E-state index is 0.0495. The second kappa shape index (κ2) is 5.81. The summed E-state index contributed by atoms with van der Waals surface area (Å²) in [6, 6.07) is 3.57. The Hall–Kier alpha value is -2.02. The molecule has 2 aromatic rings. The number of carbonyl (C=O) groups excluding carboxylic acids is 1. The van der Waals surface area contributed by atoms with Crippen molar-refractivity contribution < 1.29 is 22.4 Å². The molecule has 0 fully saturated rings. The highest BCUT2D eigenvalue weighted by atomic mass is 35.5. The number of amides is 1. The molecule has 1 heterocycles. The molecule has 1 N–H and O–H groups in total. The first-order valence-corrected chi connectivity index (χ1v) is 7.46. The molecule has 1 aliphatic rings. The van der Waals surface area contributed by atoms with Gasteiger partial charge in [-0.3, -0.25) is 4.79 Å². The highest BCUT2D eigenvalue weighted by molar-refractivity contribution is 6.31. The third-order valence-corrected chi connectivity index (χ3v) is 4.23. The Morgan fingerprint density at radius 2 is 2.04 bits per heavy atom. The highest BCUT2D eigenvalue weighted by Crippen LogP contribution is 2.41. The smallest absolute Gasteiger partial charge is 0.336 e. The maximum Gasteiger partial charge on any atom is 0.431 e. The minimum Gasteiger partial charge on any atom is -0.336 e. The van der Waals surface area contributed by atoms with Crippen molar-refractivity contribution in [2.45, 2.75) is 19.0 Å². The fourth-order valence-corrected chi connectivity index (χ4v) is 3.18. The number of carbonyl (C=O) groups is 1. The number of benzene rings is 1. The van der Waals surface area contributed by atoms with Crippen molar-refractivity contribution in [1.82, 2.24) is 4.57 Å². The lowest BCUT2D eigenvalue weighted by atomic mass is 10.1. The Balaban J connectivity index is 2.00. The average molecular weight is 360 g/mol. The predicted octanol–water partition coefficient (Wildman–Crippen LogP) is 4.59. The van der Waals surface area contributed by atoms with E-state index in [9.17, 15) is 22.4 Å². The third-order valence-electron chi connectivity index (χ3n) is 3.94. The van der Waals surface area contributed by atoms with Crippen LogP contribution in [0.1, 0.15) is 33.7 Å². The first-order valence-electron chi connectivity index (χ1n) is 7.08. The van der Waals surface area contributed by atoms with Crippen molar-refractivity contribution in [3.8, 4) is 0 Å². The number of hydrogen-bond donors (Lipinski definition) is 1. The molecule has 0 unspecified atom stereocenters. The molecule has 0 saturated carbocycles. The van der Waals surface area contributed by atoms with Gasteiger partial charge in [0.25, 0.3) is 5.91 Å². The Kier molecular flexibility index (Phi) is 4.07. The molecule has 0 atom stereocenters. The molecule has 1 aromatic carbocycles. The third kappa shape index (κ3) is 2.77. The molecule has 0 aliphatic heterocycles. The zero-order valence-electron chi connectivity index (χ0n) is 12.5. The summed E-state index contributed by atoms with van der Waals surface area (Å²) in [5, 5.41) is 2.28. The van der Waals surface area contributed by atoms with Crippen molar-refractivity contribution in [2.24, 2.45) is 7.05 Å². The van der Waals surface area contributed by atoms with E-state index in [0.29, 0.717) is 18.4 Å². The number of nitrogens with one attached hydrogen (secondary N) is 1. The normalized spacial score (nSPS) is 13.9. The number of alkyl halides is 3. The van der Waals surface area contributed by atoms with Gasteiger partial charge in [-0.1, -0.05) is 11.6 Å². The molecule has 1 radical (unpaired) electrons. The van der Waals surface area contributed by atoms with Crippen molar-refractivity contribution in [3.63, 3.8) is 0 Å². The summed E-state index contributed by atoms with van der Waals surface area (Å²) < 4.78 is 53.8. The van der Waals surface area contributed by atoms with Gasteiger partial charge in [0.2, 0.25) is 0 Å². The van der Waals surface area contributed by atoms with E-state index < -0.39 is 23.6 Å². The number of fused-ring (bicyclic) bond motifs is 1. The molecule has 127 valence electrons. The quantitative estimate of drug-likeness (QED) is 0.782. The van der Waals surface area contributed by atoms with Gasteiger partial charge in [0.05, 0.1) is 5.02 Å². The second-order valence-corrected chi connectivity index (χ2v) is 5.88. The maximum atomic E-state index is 13.3. The lowest BCUT2D eigenvalue weighted by Gasteiger charge is -2.13. The zero-order chi connectivity index (χ0) is 17.6. The van der Waals surface area contributed by atoms with E-state index in [1.54, 1.807) is 0 Å².